The Hall–Kier alpha value is -3.31. The highest BCUT2D eigenvalue weighted by Gasteiger charge is 2.38. The van der Waals surface area contributed by atoms with E-state index in [9.17, 15) is 4.79 Å². The van der Waals surface area contributed by atoms with Gasteiger partial charge < -0.3 is 9.15 Å². The fourth-order valence-electron chi connectivity index (χ4n) is 4.37. The second kappa shape index (κ2) is 7.13. The number of nitrogens with zero attached hydrogens (tertiary/aromatic N) is 1. The fourth-order valence-corrected chi connectivity index (χ4v) is 5.70. The van der Waals surface area contributed by atoms with Crippen LogP contribution in [0.1, 0.15) is 21.9 Å². The molecule has 0 fully saturated rings. The second-order valence-corrected chi connectivity index (χ2v) is 9.12. The van der Waals surface area contributed by atoms with E-state index in [0.717, 1.165) is 33.2 Å². The zero-order valence-electron chi connectivity index (χ0n) is 16.9. The van der Waals surface area contributed by atoms with Crippen LogP contribution in [0.15, 0.2) is 92.1 Å². The molecule has 1 aromatic heterocycles. The molecule has 0 aliphatic carbocycles. The third-order valence-corrected chi connectivity index (χ3v) is 7.35. The van der Waals surface area contributed by atoms with Gasteiger partial charge >= 0.3 is 0 Å². The number of para-hydroxylation sites is 2. The van der Waals surface area contributed by atoms with E-state index in [1.165, 1.54) is 0 Å². The molecule has 6 rings (SSSR count). The van der Waals surface area contributed by atoms with Crippen molar-refractivity contribution in [2.75, 3.05) is 6.61 Å². The quantitative estimate of drug-likeness (QED) is 0.371. The lowest BCUT2D eigenvalue weighted by Gasteiger charge is -2.31. The van der Waals surface area contributed by atoms with E-state index in [1.54, 1.807) is 18.0 Å². The molecule has 0 saturated carbocycles. The van der Waals surface area contributed by atoms with Crippen molar-refractivity contribution in [2.24, 2.45) is 10.9 Å². The number of benzene rings is 3. The molecule has 0 bridgehead atoms. The molecule has 0 spiro atoms. The SMILES string of the molecule is Cc1ccc2c(c1)C1=Nc3ccccc3S[C@H](c3coc4ccccc4c3=O)[C@@H]1CO2. The molecule has 2 atom stereocenters. The van der Waals surface area contributed by atoms with Gasteiger partial charge in [-0.1, -0.05) is 35.9 Å². The van der Waals surface area contributed by atoms with E-state index in [4.69, 9.17) is 14.1 Å². The van der Waals surface area contributed by atoms with Gasteiger partial charge in [0.1, 0.15) is 11.3 Å². The van der Waals surface area contributed by atoms with Crippen LogP contribution in [0.5, 0.6) is 5.75 Å². The molecular formula is C26H19NO3S. The molecule has 0 amide bonds. The van der Waals surface area contributed by atoms with Gasteiger partial charge in [0.05, 0.1) is 40.8 Å². The Morgan fingerprint density at radius 1 is 1.03 bits per heavy atom. The maximum Gasteiger partial charge on any atom is 0.197 e. The van der Waals surface area contributed by atoms with Crippen molar-refractivity contribution in [1.29, 1.82) is 0 Å². The zero-order chi connectivity index (χ0) is 20.9. The van der Waals surface area contributed by atoms with Crippen molar-refractivity contribution >= 4 is 34.1 Å². The van der Waals surface area contributed by atoms with Crippen LogP contribution in [0.2, 0.25) is 0 Å². The minimum Gasteiger partial charge on any atom is -0.492 e. The van der Waals surface area contributed by atoms with Crippen LogP contribution in [0.3, 0.4) is 0 Å². The van der Waals surface area contributed by atoms with E-state index in [0.29, 0.717) is 23.1 Å². The normalized spacial score (nSPS) is 19.5. The van der Waals surface area contributed by atoms with Crippen molar-refractivity contribution < 1.29 is 9.15 Å². The predicted molar refractivity (Wildman–Crippen MR) is 124 cm³/mol. The summed E-state index contributed by atoms with van der Waals surface area (Å²) in [5.41, 5.74) is 5.31. The summed E-state index contributed by atoms with van der Waals surface area (Å²) in [6.45, 7) is 2.53. The van der Waals surface area contributed by atoms with E-state index in [1.807, 2.05) is 48.5 Å². The Morgan fingerprint density at radius 2 is 1.87 bits per heavy atom. The highest BCUT2D eigenvalue weighted by Crippen LogP contribution is 2.49. The third kappa shape index (κ3) is 3.00. The first kappa shape index (κ1) is 18.5. The van der Waals surface area contributed by atoms with Gasteiger partial charge in [0.15, 0.2) is 5.43 Å². The van der Waals surface area contributed by atoms with Gasteiger partial charge in [0.25, 0.3) is 0 Å². The van der Waals surface area contributed by atoms with Crippen molar-refractivity contribution in [2.45, 2.75) is 17.1 Å². The smallest absolute Gasteiger partial charge is 0.197 e. The minimum absolute atomic E-state index is 0.00752. The Bertz CT molecular complexity index is 1420. The van der Waals surface area contributed by atoms with Crippen LogP contribution < -0.4 is 10.2 Å². The van der Waals surface area contributed by atoms with E-state index in [-0.39, 0.29) is 16.6 Å². The number of aliphatic imine (C=N–C) groups is 1. The molecule has 3 heterocycles. The lowest BCUT2D eigenvalue weighted by molar-refractivity contribution is 0.271. The first-order valence-electron chi connectivity index (χ1n) is 10.3. The number of hydrogen-bond acceptors (Lipinski definition) is 5. The molecular weight excluding hydrogens is 406 g/mol. The van der Waals surface area contributed by atoms with E-state index in [2.05, 4.69) is 25.1 Å². The fraction of sp³-hybridized carbons (Fsp3) is 0.154. The summed E-state index contributed by atoms with van der Waals surface area (Å²) in [5.74, 6) is 0.769. The number of aryl methyl sites for hydroxylation is 1. The van der Waals surface area contributed by atoms with Gasteiger partial charge in [-0.05, 0) is 43.3 Å². The molecule has 3 aromatic carbocycles. The summed E-state index contributed by atoms with van der Waals surface area (Å²) < 4.78 is 12.0. The van der Waals surface area contributed by atoms with Gasteiger partial charge in [0.2, 0.25) is 0 Å². The number of thioether (sulfide) groups is 1. The third-order valence-electron chi connectivity index (χ3n) is 5.92. The van der Waals surface area contributed by atoms with E-state index >= 15 is 0 Å². The average molecular weight is 426 g/mol. The number of ether oxygens (including phenoxy) is 1. The second-order valence-electron chi connectivity index (χ2n) is 7.94. The maximum absolute atomic E-state index is 13.5. The molecule has 4 aromatic rings. The highest BCUT2D eigenvalue weighted by molar-refractivity contribution is 7.99. The Morgan fingerprint density at radius 3 is 2.81 bits per heavy atom. The highest BCUT2D eigenvalue weighted by atomic mass is 32.2. The molecule has 4 nitrogen and oxygen atoms in total. The van der Waals surface area contributed by atoms with Crippen LogP contribution in [-0.2, 0) is 0 Å². The molecule has 0 radical (unpaired) electrons. The summed E-state index contributed by atoms with van der Waals surface area (Å²) in [7, 11) is 0. The molecule has 2 aliphatic heterocycles. The monoisotopic (exact) mass is 425 g/mol. The van der Waals surface area contributed by atoms with Gasteiger partial charge in [-0.25, -0.2) is 0 Å². The summed E-state index contributed by atoms with van der Waals surface area (Å²) in [6, 6.07) is 21.7. The topological polar surface area (TPSA) is 51.8 Å². The molecule has 0 unspecified atom stereocenters. The number of fused-ring (bicyclic) bond motifs is 5. The van der Waals surface area contributed by atoms with Gasteiger partial charge in [-0.15, -0.1) is 11.8 Å². The largest absolute Gasteiger partial charge is 0.492 e. The Balaban J connectivity index is 1.59. The molecule has 152 valence electrons. The number of rotatable bonds is 1. The van der Waals surface area contributed by atoms with Gasteiger partial charge in [0, 0.05) is 16.0 Å². The average Bonchev–Trinajstić information content (AvgIpc) is 2.96. The number of hydrogen-bond donors (Lipinski definition) is 0. The van der Waals surface area contributed by atoms with Crippen molar-refractivity contribution in [3.8, 4) is 5.75 Å². The molecule has 0 saturated heterocycles. The van der Waals surface area contributed by atoms with Crippen molar-refractivity contribution in [1.82, 2.24) is 0 Å². The van der Waals surface area contributed by atoms with Crippen molar-refractivity contribution in [3.63, 3.8) is 0 Å². The minimum atomic E-state index is -0.170. The summed E-state index contributed by atoms with van der Waals surface area (Å²) in [5, 5.41) is 0.432. The maximum atomic E-state index is 13.5. The molecule has 5 heteroatoms. The summed E-state index contributed by atoms with van der Waals surface area (Å²) in [6.07, 6.45) is 1.62. The van der Waals surface area contributed by atoms with E-state index < -0.39 is 0 Å². The molecule has 2 aliphatic rings. The summed E-state index contributed by atoms with van der Waals surface area (Å²) >= 11 is 1.66. The van der Waals surface area contributed by atoms with Crippen LogP contribution in [0.4, 0.5) is 5.69 Å². The molecule has 31 heavy (non-hydrogen) atoms. The molecule has 0 N–H and O–H groups in total. The van der Waals surface area contributed by atoms with Gasteiger partial charge in [-0.2, -0.15) is 0 Å². The van der Waals surface area contributed by atoms with Gasteiger partial charge in [-0.3, -0.25) is 9.79 Å². The summed E-state index contributed by atoms with van der Waals surface area (Å²) in [4.78, 5) is 19.6. The predicted octanol–water partition coefficient (Wildman–Crippen LogP) is 6.08. The van der Waals surface area contributed by atoms with Crippen LogP contribution in [-0.4, -0.2) is 12.3 Å². The first-order chi connectivity index (χ1) is 15.2. The zero-order valence-corrected chi connectivity index (χ0v) is 17.7. The van der Waals surface area contributed by atoms with Crippen LogP contribution in [0.25, 0.3) is 11.0 Å². The Kier molecular flexibility index (Phi) is 4.25. The first-order valence-corrected chi connectivity index (χ1v) is 11.2. The van der Waals surface area contributed by atoms with Crippen LogP contribution >= 0.6 is 11.8 Å². The standard InChI is InChI=1S/C26H19NO3S/c1-15-10-11-22-17(12-15)24-18(13-29-22)26(31-23-9-5-3-7-20(23)27-24)19-14-30-21-8-4-2-6-16(21)25(19)28/h2-12,14,18,26H,13H2,1H3/t18-,26+/m1/s1. The lowest BCUT2D eigenvalue weighted by atomic mass is 9.87. The Labute approximate surface area is 183 Å². The lowest BCUT2D eigenvalue weighted by Crippen LogP contribution is -2.33. The van der Waals surface area contributed by atoms with Crippen molar-refractivity contribution in [3.05, 3.63) is 99.9 Å². The van der Waals surface area contributed by atoms with Crippen LogP contribution in [0, 0.1) is 12.8 Å².